The van der Waals surface area contributed by atoms with E-state index in [1.54, 1.807) is 18.4 Å². The molecule has 78 valence electrons. The highest BCUT2D eigenvalue weighted by Gasteiger charge is 1.93. The van der Waals surface area contributed by atoms with Crippen LogP contribution in [0, 0.1) is 0 Å². The van der Waals surface area contributed by atoms with Crippen molar-refractivity contribution in [2.75, 3.05) is 20.1 Å². The molecule has 0 fully saturated rings. The Bertz CT molecular complexity index is 260. The third kappa shape index (κ3) is 4.50. The van der Waals surface area contributed by atoms with Crippen molar-refractivity contribution in [2.45, 2.75) is 6.54 Å². The van der Waals surface area contributed by atoms with E-state index in [2.05, 4.69) is 20.9 Å². The van der Waals surface area contributed by atoms with Gasteiger partial charge in [-0.2, -0.15) is 0 Å². The van der Waals surface area contributed by atoms with E-state index in [0.29, 0.717) is 5.11 Å². The van der Waals surface area contributed by atoms with Crippen LogP contribution < -0.4 is 16.0 Å². The Kier molecular flexibility index (Phi) is 5.43. The Morgan fingerprint density at radius 1 is 1.57 bits per heavy atom. The first-order chi connectivity index (χ1) is 6.83. The summed E-state index contributed by atoms with van der Waals surface area (Å²) >= 11 is 6.54. The van der Waals surface area contributed by atoms with Crippen LogP contribution in [0.25, 0.3) is 0 Å². The standard InChI is InChI=1S/C8H14N4S2/c1-9-8(13)11-3-2-10-4-7-5-14-6-12-7/h5-6,10H,2-4H2,1H3,(H2,9,11,13). The predicted molar refractivity (Wildman–Crippen MR) is 63.5 cm³/mol. The van der Waals surface area contributed by atoms with Crippen molar-refractivity contribution in [1.29, 1.82) is 0 Å². The molecule has 6 heteroatoms. The van der Waals surface area contributed by atoms with Crippen LogP contribution >= 0.6 is 23.6 Å². The topological polar surface area (TPSA) is 49.0 Å². The van der Waals surface area contributed by atoms with Crippen molar-refractivity contribution in [3.63, 3.8) is 0 Å². The molecule has 0 aliphatic rings. The lowest BCUT2D eigenvalue weighted by Crippen LogP contribution is -2.37. The Labute approximate surface area is 93.1 Å². The molecule has 1 aromatic heterocycles. The third-order valence-electron chi connectivity index (χ3n) is 1.60. The summed E-state index contributed by atoms with van der Waals surface area (Å²) in [6.07, 6.45) is 0. The van der Waals surface area contributed by atoms with E-state index < -0.39 is 0 Å². The molecule has 0 amide bonds. The molecular formula is C8H14N4S2. The Morgan fingerprint density at radius 3 is 3.07 bits per heavy atom. The highest BCUT2D eigenvalue weighted by atomic mass is 32.1. The van der Waals surface area contributed by atoms with Gasteiger partial charge in [-0.15, -0.1) is 11.3 Å². The number of nitrogens with one attached hydrogen (secondary N) is 3. The first kappa shape index (κ1) is 11.4. The molecule has 14 heavy (non-hydrogen) atoms. The lowest BCUT2D eigenvalue weighted by Gasteiger charge is -2.06. The first-order valence-electron chi connectivity index (χ1n) is 4.36. The lowest BCUT2D eigenvalue weighted by atomic mass is 10.5. The zero-order chi connectivity index (χ0) is 10.2. The van der Waals surface area contributed by atoms with Crippen LogP contribution in [0.15, 0.2) is 10.9 Å². The van der Waals surface area contributed by atoms with Gasteiger partial charge in [0.25, 0.3) is 0 Å². The number of thiocarbonyl (C=S) groups is 1. The molecule has 0 aliphatic carbocycles. The van der Waals surface area contributed by atoms with Crippen molar-refractivity contribution >= 4 is 28.7 Å². The molecule has 0 aliphatic heterocycles. The van der Waals surface area contributed by atoms with Crippen LogP contribution in [0.2, 0.25) is 0 Å². The number of hydrogen-bond donors (Lipinski definition) is 3. The molecule has 0 bridgehead atoms. The molecule has 1 rings (SSSR count). The molecule has 0 saturated heterocycles. The van der Waals surface area contributed by atoms with Gasteiger partial charge in [0.15, 0.2) is 5.11 Å². The average Bonchev–Trinajstić information content (AvgIpc) is 2.69. The summed E-state index contributed by atoms with van der Waals surface area (Å²) in [5.41, 5.74) is 2.93. The van der Waals surface area contributed by atoms with E-state index in [1.807, 2.05) is 10.9 Å². The van der Waals surface area contributed by atoms with Gasteiger partial charge in [-0.3, -0.25) is 0 Å². The zero-order valence-electron chi connectivity index (χ0n) is 8.04. The van der Waals surface area contributed by atoms with Crippen LogP contribution in [-0.2, 0) is 6.54 Å². The van der Waals surface area contributed by atoms with Crippen LogP contribution in [-0.4, -0.2) is 30.2 Å². The van der Waals surface area contributed by atoms with E-state index in [0.717, 1.165) is 25.3 Å². The van der Waals surface area contributed by atoms with Gasteiger partial charge in [0.2, 0.25) is 0 Å². The Balaban J connectivity index is 1.97. The van der Waals surface area contributed by atoms with Crippen LogP contribution in [0.4, 0.5) is 0 Å². The molecule has 0 radical (unpaired) electrons. The van der Waals surface area contributed by atoms with Crippen LogP contribution in [0.1, 0.15) is 5.69 Å². The van der Waals surface area contributed by atoms with Gasteiger partial charge >= 0.3 is 0 Å². The molecule has 0 spiro atoms. The summed E-state index contributed by atoms with van der Waals surface area (Å²) in [7, 11) is 1.80. The molecular weight excluding hydrogens is 216 g/mol. The molecule has 0 saturated carbocycles. The van der Waals surface area contributed by atoms with Crippen molar-refractivity contribution in [2.24, 2.45) is 0 Å². The van der Waals surface area contributed by atoms with E-state index >= 15 is 0 Å². The summed E-state index contributed by atoms with van der Waals surface area (Å²) in [5, 5.41) is 11.9. The number of hydrogen-bond acceptors (Lipinski definition) is 4. The third-order valence-corrected chi connectivity index (χ3v) is 2.59. The second kappa shape index (κ2) is 6.69. The SMILES string of the molecule is CNC(=S)NCCNCc1cscn1. The second-order valence-corrected chi connectivity index (χ2v) is 3.79. The lowest BCUT2D eigenvalue weighted by molar-refractivity contribution is 0.662. The molecule has 1 aromatic rings. The van der Waals surface area contributed by atoms with Crippen molar-refractivity contribution in [3.05, 3.63) is 16.6 Å². The molecule has 1 heterocycles. The average molecular weight is 230 g/mol. The highest BCUT2D eigenvalue weighted by Crippen LogP contribution is 1.98. The zero-order valence-corrected chi connectivity index (χ0v) is 9.67. The molecule has 3 N–H and O–H groups in total. The fraction of sp³-hybridized carbons (Fsp3) is 0.500. The van der Waals surface area contributed by atoms with E-state index in [-0.39, 0.29) is 0 Å². The highest BCUT2D eigenvalue weighted by molar-refractivity contribution is 7.80. The molecule has 4 nitrogen and oxygen atoms in total. The van der Waals surface area contributed by atoms with Gasteiger partial charge in [0.05, 0.1) is 11.2 Å². The summed E-state index contributed by atoms with van der Waals surface area (Å²) in [5.74, 6) is 0. The maximum atomic E-state index is 4.92. The van der Waals surface area contributed by atoms with Gasteiger partial charge in [0.1, 0.15) is 0 Å². The van der Waals surface area contributed by atoms with E-state index in [9.17, 15) is 0 Å². The number of thiazole rings is 1. The van der Waals surface area contributed by atoms with Crippen molar-refractivity contribution < 1.29 is 0 Å². The normalized spacial score (nSPS) is 9.79. The van der Waals surface area contributed by atoms with Gasteiger partial charge in [-0.05, 0) is 12.2 Å². The fourth-order valence-corrected chi connectivity index (χ4v) is 1.55. The minimum Gasteiger partial charge on any atom is -0.366 e. The van der Waals surface area contributed by atoms with Crippen molar-refractivity contribution in [3.8, 4) is 0 Å². The molecule has 0 aromatic carbocycles. The number of rotatable bonds is 5. The Hall–Kier alpha value is -0.720. The van der Waals surface area contributed by atoms with Gasteiger partial charge < -0.3 is 16.0 Å². The smallest absolute Gasteiger partial charge is 0.166 e. The number of aromatic nitrogens is 1. The fourth-order valence-electron chi connectivity index (χ4n) is 0.894. The predicted octanol–water partition coefficient (Wildman–Crippen LogP) is 0.327. The summed E-state index contributed by atoms with van der Waals surface area (Å²) in [4.78, 5) is 4.16. The van der Waals surface area contributed by atoms with Gasteiger partial charge in [-0.1, -0.05) is 0 Å². The maximum absolute atomic E-state index is 4.92. The van der Waals surface area contributed by atoms with Crippen molar-refractivity contribution in [1.82, 2.24) is 20.9 Å². The number of nitrogens with zero attached hydrogens (tertiary/aromatic N) is 1. The van der Waals surface area contributed by atoms with Crippen LogP contribution in [0.3, 0.4) is 0 Å². The summed E-state index contributed by atoms with van der Waals surface area (Å²) < 4.78 is 0. The monoisotopic (exact) mass is 230 g/mol. The minimum atomic E-state index is 0.681. The summed E-state index contributed by atoms with van der Waals surface area (Å²) in [6.45, 7) is 2.51. The Morgan fingerprint density at radius 2 is 2.43 bits per heavy atom. The van der Waals surface area contributed by atoms with Crippen LogP contribution in [0.5, 0.6) is 0 Å². The maximum Gasteiger partial charge on any atom is 0.166 e. The van der Waals surface area contributed by atoms with E-state index in [4.69, 9.17) is 12.2 Å². The minimum absolute atomic E-state index is 0.681. The quantitative estimate of drug-likeness (QED) is 0.503. The van der Waals surface area contributed by atoms with Gasteiger partial charge in [-0.25, -0.2) is 4.98 Å². The summed E-state index contributed by atoms with van der Waals surface area (Å²) in [6, 6.07) is 0. The largest absolute Gasteiger partial charge is 0.366 e. The molecule has 0 unspecified atom stereocenters. The molecule has 0 atom stereocenters. The van der Waals surface area contributed by atoms with Gasteiger partial charge in [0, 0.05) is 32.1 Å². The first-order valence-corrected chi connectivity index (χ1v) is 5.71. The second-order valence-electron chi connectivity index (χ2n) is 2.66. The van der Waals surface area contributed by atoms with E-state index in [1.165, 1.54) is 0 Å².